The van der Waals surface area contributed by atoms with Gasteiger partial charge in [0.05, 0.1) is 5.25 Å². The first kappa shape index (κ1) is 8.88. The monoisotopic (exact) mass is 195 g/mol. The summed E-state index contributed by atoms with van der Waals surface area (Å²) in [5, 5.41) is 0.238. The molecule has 1 fully saturated rings. The van der Waals surface area contributed by atoms with Crippen LogP contribution in [0, 0.1) is 0 Å². The van der Waals surface area contributed by atoms with Crippen molar-refractivity contribution in [1.82, 2.24) is 4.98 Å². The van der Waals surface area contributed by atoms with Crippen LogP contribution in [0.5, 0.6) is 0 Å². The van der Waals surface area contributed by atoms with E-state index in [0.29, 0.717) is 0 Å². The number of hydrogen-bond acceptors (Lipinski definition) is 2. The van der Waals surface area contributed by atoms with Gasteiger partial charge in [-0.1, -0.05) is 12.5 Å². The highest BCUT2D eigenvalue weighted by Crippen LogP contribution is 2.29. The van der Waals surface area contributed by atoms with Gasteiger partial charge in [-0.25, -0.2) is 0 Å². The van der Waals surface area contributed by atoms with E-state index in [9.17, 15) is 4.21 Å². The Bertz CT molecular complexity index is 299. The first-order valence-corrected chi connectivity index (χ1v) is 6.03. The Labute approximate surface area is 80.8 Å². The largest absolute Gasteiger partial charge is 0.264 e. The summed E-state index contributed by atoms with van der Waals surface area (Å²) in [7, 11) is -0.669. The zero-order valence-corrected chi connectivity index (χ0v) is 8.30. The molecule has 0 saturated carbocycles. The number of pyridine rings is 1. The van der Waals surface area contributed by atoms with Crippen LogP contribution in [0.15, 0.2) is 24.5 Å². The molecule has 2 atom stereocenters. The summed E-state index contributed by atoms with van der Waals surface area (Å²) in [6.45, 7) is 0. The Kier molecular flexibility index (Phi) is 2.74. The zero-order chi connectivity index (χ0) is 9.10. The van der Waals surface area contributed by atoms with Crippen molar-refractivity contribution in [3.63, 3.8) is 0 Å². The van der Waals surface area contributed by atoms with E-state index in [0.717, 1.165) is 24.2 Å². The topological polar surface area (TPSA) is 30.0 Å². The highest BCUT2D eigenvalue weighted by Gasteiger charge is 2.22. The minimum absolute atomic E-state index is 0.238. The molecule has 0 aromatic carbocycles. The second kappa shape index (κ2) is 4.01. The van der Waals surface area contributed by atoms with Crippen LogP contribution in [-0.2, 0) is 10.8 Å². The molecule has 1 aliphatic heterocycles. The van der Waals surface area contributed by atoms with Crippen LogP contribution >= 0.6 is 0 Å². The molecule has 0 amide bonds. The molecule has 0 unspecified atom stereocenters. The lowest BCUT2D eigenvalue weighted by molar-refractivity contribution is 0.618. The third-order valence-corrected chi connectivity index (χ3v) is 4.27. The third kappa shape index (κ3) is 1.97. The lowest BCUT2D eigenvalue weighted by Crippen LogP contribution is -2.15. The van der Waals surface area contributed by atoms with Crippen LogP contribution in [0.1, 0.15) is 30.1 Å². The normalized spacial score (nSPS) is 28.6. The Hall–Kier alpha value is -0.700. The van der Waals surface area contributed by atoms with Crippen LogP contribution in [0.4, 0.5) is 0 Å². The molecular weight excluding hydrogens is 182 g/mol. The fourth-order valence-electron chi connectivity index (χ4n) is 1.73. The standard InChI is InChI=1S/C10H13NOS/c12-13-7-2-1-5-10(13)9-4-3-6-11-8-9/h3-4,6,8,10H,1-2,5,7H2/t10-,13+/m1/s1. The molecule has 2 nitrogen and oxygen atoms in total. The van der Waals surface area contributed by atoms with Gasteiger partial charge in [0.25, 0.3) is 0 Å². The van der Waals surface area contributed by atoms with E-state index >= 15 is 0 Å². The van der Waals surface area contributed by atoms with Crippen molar-refractivity contribution < 1.29 is 4.21 Å². The molecule has 70 valence electrons. The van der Waals surface area contributed by atoms with Crippen molar-refractivity contribution in [2.24, 2.45) is 0 Å². The van der Waals surface area contributed by atoms with E-state index < -0.39 is 10.8 Å². The molecule has 13 heavy (non-hydrogen) atoms. The molecule has 1 aromatic heterocycles. The molecule has 1 saturated heterocycles. The molecule has 0 aliphatic carbocycles. The highest BCUT2D eigenvalue weighted by atomic mass is 32.2. The van der Waals surface area contributed by atoms with Crippen molar-refractivity contribution in [2.45, 2.75) is 24.5 Å². The zero-order valence-electron chi connectivity index (χ0n) is 7.48. The molecule has 1 aliphatic rings. The summed E-state index contributed by atoms with van der Waals surface area (Å²) in [5.41, 5.74) is 1.14. The first-order valence-electron chi connectivity index (χ1n) is 4.65. The van der Waals surface area contributed by atoms with Crippen LogP contribution in [0.25, 0.3) is 0 Å². The summed E-state index contributed by atoms with van der Waals surface area (Å²) >= 11 is 0. The van der Waals surface area contributed by atoms with Gasteiger partial charge >= 0.3 is 0 Å². The van der Waals surface area contributed by atoms with Gasteiger partial charge in [0.2, 0.25) is 0 Å². The van der Waals surface area contributed by atoms with E-state index in [2.05, 4.69) is 4.98 Å². The van der Waals surface area contributed by atoms with Gasteiger partial charge < -0.3 is 0 Å². The molecule has 2 rings (SSSR count). The van der Waals surface area contributed by atoms with Gasteiger partial charge in [0.1, 0.15) is 0 Å². The average Bonchev–Trinajstić information content (AvgIpc) is 2.20. The summed E-state index contributed by atoms with van der Waals surface area (Å²) in [6.07, 6.45) is 6.97. The predicted octanol–water partition coefficient (Wildman–Crippen LogP) is 2.06. The van der Waals surface area contributed by atoms with E-state index in [-0.39, 0.29) is 5.25 Å². The van der Waals surface area contributed by atoms with Crippen molar-refractivity contribution in [3.05, 3.63) is 30.1 Å². The summed E-state index contributed by atoms with van der Waals surface area (Å²) < 4.78 is 11.7. The summed E-state index contributed by atoms with van der Waals surface area (Å²) in [5.74, 6) is 0.861. The Morgan fingerprint density at radius 3 is 3.08 bits per heavy atom. The molecule has 0 N–H and O–H groups in total. The van der Waals surface area contributed by atoms with Crippen molar-refractivity contribution in [3.8, 4) is 0 Å². The SMILES string of the molecule is O=[S@]1CCCC[C@@H]1c1cccnc1. The van der Waals surface area contributed by atoms with E-state index in [1.807, 2.05) is 18.3 Å². The number of rotatable bonds is 1. The number of nitrogens with zero attached hydrogens (tertiary/aromatic N) is 1. The molecule has 1 aromatic rings. The Balaban J connectivity index is 2.20. The van der Waals surface area contributed by atoms with Gasteiger partial charge in [0.15, 0.2) is 0 Å². The van der Waals surface area contributed by atoms with Crippen LogP contribution < -0.4 is 0 Å². The Morgan fingerprint density at radius 1 is 1.46 bits per heavy atom. The lowest BCUT2D eigenvalue weighted by Gasteiger charge is -2.20. The van der Waals surface area contributed by atoms with Crippen LogP contribution in [-0.4, -0.2) is 14.9 Å². The molecule has 0 radical (unpaired) electrons. The third-order valence-electron chi connectivity index (χ3n) is 2.44. The van der Waals surface area contributed by atoms with Crippen molar-refractivity contribution >= 4 is 10.8 Å². The van der Waals surface area contributed by atoms with Gasteiger partial charge in [-0.3, -0.25) is 9.19 Å². The maximum Gasteiger partial charge on any atom is 0.0612 e. The lowest BCUT2D eigenvalue weighted by atomic mass is 10.1. The average molecular weight is 195 g/mol. The molecule has 0 bridgehead atoms. The maximum absolute atomic E-state index is 11.7. The van der Waals surface area contributed by atoms with Gasteiger partial charge in [0, 0.05) is 28.9 Å². The van der Waals surface area contributed by atoms with Gasteiger partial charge in [-0.2, -0.15) is 0 Å². The second-order valence-electron chi connectivity index (χ2n) is 3.36. The quantitative estimate of drug-likeness (QED) is 0.686. The molecule has 0 spiro atoms. The Morgan fingerprint density at radius 2 is 2.38 bits per heavy atom. The van der Waals surface area contributed by atoms with Crippen LogP contribution in [0.3, 0.4) is 0 Å². The molecule has 2 heterocycles. The van der Waals surface area contributed by atoms with Crippen molar-refractivity contribution in [2.75, 3.05) is 5.75 Å². The van der Waals surface area contributed by atoms with Crippen molar-refractivity contribution in [1.29, 1.82) is 0 Å². The smallest absolute Gasteiger partial charge is 0.0612 e. The van der Waals surface area contributed by atoms with E-state index in [1.54, 1.807) is 6.20 Å². The fraction of sp³-hybridized carbons (Fsp3) is 0.500. The van der Waals surface area contributed by atoms with Crippen LogP contribution in [0.2, 0.25) is 0 Å². The fourth-order valence-corrected chi connectivity index (χ4v) is 3.38. The minimum atomic E-state index is -0.669. The molecular formula is C10H13NOS. The van der Waals surface area contributed by atoms with E-state index in [4.69, 9.17) is 0 Å². The van der Waals surface area contributed by atoms with Gasteiger partial charge in [-0.05, 0) is 24.5 Å². The first-order chi connectivity index (χ1) is 6.38. The number of hydrogen-bond donors (Lipinski definition) is 0. The van der Waals surface area contributed by atoms with E-state index in [1.165, 1.54) is 6.42 Å². The number of aromatic nitrogens is 1. The second-order valence-corrected chi connectivity index (χ2v) is 5.09. The summed E-state index contributed by atoms with van der Waals surface area (Å²) in [6, 6.07) is 3.95. The predicted molar refractivity (Wildman–Crippen MR) is 53.8 cm³/mol. The molecule has 3 heteroatoms. The highest BCUT2D eigenvalue weighted by molar-refractivity contribution is 7.85. The van der Waals surface area contributed by atoms with Gasteiger partial charge in [-0.15, -0.1) is 0 Å². The minimum Gasteiger partial charge on any atom is -0.264 e. The maximum atomic E-state index is 11.7. The summed E-state index contributed by atoms with van der Waals surface area (Å²) in [4.78, 5) is 4.06.